The molecule has 0 atom stereocenters. The zero-order valence-corrected chi connectivity index (χ0v) is 12.4. The number of ether oxygens (including phenoxy) is 1. The summed E-state index contributed by atoms with van der Waals surface area (Å²) in [6.07, 6.45) is 4.66. The predicted molar refractivity (Wildman–Crippen MR) is 81.0 cm³/mol. The SMILES string of the molecule is CCCOc1ncnc(N2CCC(CC(N)=O)CC2)c1N. The maximum Gasteiger partial charge on any atom is 0.242 e. The molecule has 2 heterocycles. The van der Waals surface area contributed by atoms with E-state index in [0.29, 0.717) is 36.3 Å². The number of amides is 1. The van der Waals surface area contributed by atoms with Crippen LogP contribution in [0.15, 0.2) is 6.33 Å². The first-order chi connectivity index (χ1) is 10.1. The number of aromatic nitrogens is 2. The van der Waals surface area contributed by atoms with Crippen molar-refractivity contribution in [3.63, 3.8) is 0 Å². The normalized spacial score (nSPS) is 16.0. The Kier molecular flexibility index (Phi) is 5.19. The third kappa shape index (κ3) is 3.96. The fourth-order valence-corrected chi connectivity index (χ4v) is 2.57. The van der Waals surface area contributed by atoms with Crippen molar-refractivity contribution in [1.29, 1.82) is 0 Å². The van der Waals surface area contributed by atoms with Crippen LogP contribution in [-0.2, 0) is 4.79 Å². The number of nitrogens with two attached hydrogens (primary N) is 2. The van der Waals surface area contributed by atoms with E-state index in [4.69, 9.17) is 16.2 Å². The highest BCUT2D eigenvalue weighted by Crippen LogP contribution is 2.31. The molecular formula is C14H23N5O2. The minimum atomic E-state index is -0.231. The van der Waals surface area contributed by atoms with Crippen LogP contribution in [0.5, 0.6) is 5.88 Å². The fourth-order valence-electron chi connectivity index (χ4n) is 2.57. The zero-order valence-electron chi connectivity index (χ0n) is 12.4. The van der Waals surface area contributed by atoms with Crippen molar-refractivity contribution in [1.82, 2.24) is 9.97 Å². The third-order valence-electron chi connectivity index (χ3n) is 3.67. The number of anilines is 2. The van der Waals surface area contributed by atoms with Gasteiger partial charge in [-0.05, 0) is 25.2 Å². The lowest BCUT2D eigenvalue weighted by molar-refractivity contribution is -0.119. The van der Waals surface area contributed by atoms with Crippen molar-refractivity contribution < 1.29 is 9.53 Å². The molecule has 0 aliphatic carbocycles. The molecule has 7 nitrogen and oxygen atoms in total. The highest BCUT2D eigenvalue weighted by molar-refractivity contribution is 5.74. The Bertz CT molecular complexity index is 486. The topological polar surface area (TPSA) is 107 Å². The average Bonchev–Trinajstić information content (AvgIpc) is 2.47. The monoisotopic (exact) mass is 293 g/mol. The molecule has 0 spiro atoms. The van der Waals surface area contributed by atoms with Gasteiger partial charge in [-0.3, -0.25) is 4.79 Å². The molecule has 1 saturated heterocycles. The molecule has 1 fully saturated rings. The Morgan fingerprint density at radius 1 is 1.43 bits per heavy atom. The Labute approximate surface area is 124 Å². The Morgan fingerprint density at radius 2 is 2.14 bits per heavy atom. The van der Waals surface area contributed by atoms with Crippen molar-refractivity contribution in [3.8, 4) is 5.88 Å². The predicted octanol–water partition coefficient (Wildman–Crippen LogP) is 0.939. The molecule has 0 unspecified atom stereocenters. The summed E-state index contributed by atoms with van der Waals surface area (Å²) in [5.41, 5.74) is 11.8. The van der Waals surface area contributed by atoms with Gasteiger partial charge in [-0.25, -0.2) is 4.98 Å². The largest absolute Gasteiger partial charge is 0.476 e. The Balaban J connectivity index is 2.01. The Hall–Kier alpha value is -2.05. The molecule has 0 saturated carbocycles. The standard InChI is InChI=1S/C14H23N5O2/c1-2-7-21-14-12(16)13(17-9-18-14)19-5-3-10(4-6-19)8-11(15)20/h9-10H,2-8,16H2,1H3,(H2,15,20). The molecule has 7 heteroatoms. The second kappa shape index (κ2) is 7.10. The summed E-state index contributed by atoms with van der Waals surface area (Å²) in [5.74, 6) is 1.29. The van der Waals surface area contributed by atoms with Crippen LogP contribution in [0.4, 0.5) is 11.5 Å². The average molecular weight is 293 g/mol. The van der Waals surface area contributed by atoms with Crippen LogP contribution in [0.25, 0.3) is 0 Å². The molecule has 1 aliphatic heterocycles. The first-order valence-electron chi connectivity index (χ1n) is 7.38. The van der Waals surface area contributed by atoms with Crippen molar-refractivity contribution in [2.45, 2.75) is 32.6 Å². The van der Waals surface area contributed by atoms with Crippen molar-refractivity contribution in [2.24, 2.45) is 11.7 Å². The molecular weight excluding hydrogens is 270 g/mol. The number of hydrogen-bond acceptors (Lipinski definition) is 6. The number of piperidine rings is 1. The van der Waals surface area contributed by atoms with Crippen LogP contribution in [-0.4, -0.2) is 35.6 Å². The minimum Gasteiger partial charge on any atom is -0.476 e. The zero-order chi connectivity index (χ0) is 15.2. The van der Waals surface area contributed by atoms with Crippen LogP contribution in [0.1, 0.15) is 32.6 Å². The van der Waals surface area contributed by atoms with E-state index in [1.165, 1.54) is 6.33 Å². The van der Waals surface area contributed by atoms with Crippen molar-refractivity contribution >= 4 is 17.4 Å². The lowest BCUT2D eigenvalue weighted by atomic mass is 9.93. The van der Waals surface area contributed by atoms with Crippen LogP contribution in [0.3, 0.4) is 0 Å². The molecule has 4 N–H and O–H groups in total. The quantitative estimate of drug-likeness (QED) is 0.808. The van der Waals surface area contributed by atoms with Crippen LogP contribution in [0.2, 0.25) is 0 Å². The van der Waals surface area contributed by atoms with Crippen LogP contribution < -0.4 is 21.1 Å². The lowest BCUT2D eigenvalue weighted by Gasteiger charge is -2.33. The highest BCUT2D eigenvalue weighted by atomic mass is 16.5. The molecule has 1 amide bonds. The smallest absolute Gasteiger partial charge is 0.242 e. The van der Waals surface area contributed by atoms with E-state index < -0.39 is 0 Å². The van der Waals surface area contributed by atoms with Crippen molar-refractivity contribution in [3.05, 3.63) is 6.33 Å². The molecule has 0 radical (unpaired) electrons. The first-order valence-corrected chi connectivity index (χ1v) is 7.38. The summed E-state index contributed by atoms with van der Waals surface area (Å²) in [5, 5.41) is 0. The molecule has 1 aromatic rings. The lowest BCUT2D eigenvalue weighted by Crippen LogP contribution is -2.36. The van der Waals surface area contributed by atoms with Gasteiger partial charge in [-0.15, -0.1) is 0 Å². The molecule has 21 heavy (non-hydrogen) atoms. The van der Waals surface area contributed by atoms with Gasteiger partial charge in [0.15, 0.2) is 5.82 Å². The Morgan fingerprint density at radius 3 is 2.76 bits per heavy atom. The van der Waals surface area contributed by atoms with Gasteiger partial charge in [-0.1, -0.05) is 6.92 Å². The van der Waals surface area contributed by atoms with E-state index in [9.17, 15) is 4.79 Å². The third-order valence-corrected chi connectivity index (χ3v) is 3.67. The highest BCUT2D eigenvalue weighted by Gasteiger charge is 2.24. The number of rotatable bonds is 6. The molecule has 0 bridgehead atoms. The molecule has 1 aliphatic rings. The number of primary amides is 1. The van der Waals surface area contributed by atoms with E-state index in [0.717, 1.165) is 32.4 Å². The molecule has 2 rings (SSSR count). The molecule has 1 aromatic heterocycles. The van der Waals surface area contributed by atoms with Gasteiger partial charge in [0.25, 0.3) is 0 Å². The number of carbonyl (C=O) groups excluding carboxylic acids is 1. The van der Waals surface area contributed by atoms with E-state index in [1.807, 2.05) is 6.92 Å². The van der Waals surface area contributed by atoms with Crippen molar-refractivity contribution in [2.75, 3.05) is 30.3 Å². The van der Waals surface area contributed by atoms with Gasteiger partial charge in [0.2, 0.25) is 11.8 Å². The van der Waals surface area contributed by atoms with Gasteiger partial charge >= 0.3 is 0 Å². The summed E-state index contributed by atoms with van der Waals surface area (Å²) in [6.45, 7) is 4.24. The maximum absolute atomic E-state index is 11.0. The van der Waals surface area contributed by atoms with Crippen LogP contribution in [0, 0.1) is 5.92 Å². The summed E-state index contributed by atoms with van der Waals surface area (Å²) in [4.78, 5) is 21.4. The molecule has 0 aromatic carbocycles. The summed E-state index contributed by atoms with van der Waals surface area (Å²) in [6, 6.07) is 0. The van der Waals surface area contributed by atoms with Gasteiger partial charge in [0.05, 0.1) is 6.61 Å². The van der Waals surface area contributed by atoms with E-state index >= 15 is 0 Å². The van der Waals surface area contributed by atoms with E-state index in [1.54, 1.807) is 0 Å². The number of carbonyl (C=O) groups is 1. The van der Waals surface area contributed by atoms with E-state index in [2.05, 4.69) is 14.9 Å². The number of hydrogen-bond donors (Lipinski definition) is 2. The second-order valence-electron chi connectivity index (χ2n) is 5.37. The summed E-state index contributed by atoms with van der Waals surface area (Å²) in [7, 11) is 0. The van der Waals surface area contributed by atoms with Gasteiger partial charge in [0, 0.05) is 19.5 Å². The van der Waals surface area contributed by atoms with E-state index in [-0.39, 0.29) is 5.91 Å². The number of nitrogen functional groups attached to an aromatic ring is 1. The number of nitrogens with zero attached hydrogens (tertiary/aromatic N) is 3. The summed E-state index contributed by atoms with van der Waals surface area (Å²) < 4.78 is 5.53. The van der Waals surface area contributed by atoms with Crippen LogP contribution >= 0.6 is 0 Å². The minimum absolute atomic E-state index is 0.231. The fraction of sp³-hybridized carbons (Fsp3) is 0.643. The molecule has 116 valence electrons. The maximum atomic E-state index is 11.0. The summed E-state index contributed by atoms with van der Waals surface area (Å²) >= 11 is 0. The van der Waals surface area contributed by atoms with Gasteiger partial charge < -0.3 is 21.1 Å². The first kappa shape index (κ1) is 15.3. The van der Waals surface area contributed by atoms with Gasteiger partial charge in [-0.2, -0.15) is 4.98 Å². The second-order valence-corrected chi connectivity index (χ2v) is 5.37. The van der Waals surface area contributed by atoms with Gasteiger partial charge in [0.1, 0.15) is 12.0 Å².